The second-order valence-electron chi connectivity index (χ2n) is 19.7. The number of hydrogen-bond acceptors (Lipinski definition) is 7. The van der Waals surface area contributed by atoms with Gasteiger partial charge in [0, 0.05) is 43.1 Å². The monoisotopic (exact) mass is 1000 g/mol. The fourth-order valence-electron chi connectivity index (χ4n) is 9.51. The number of unbranched alkanes of at least 4 members (excludes halogenated alkanes) is 5. The van der Waals surface area contributed by atoms with Gasteiger partial charge in [-0.15, -0.1) is 0 Å². The summed E-state index contributed by atoms with van der Waals surface area (Å²) in [6.45, 7) is 7.78. The third-order valence-electron chi connectivity index (χ3n) is 13.9. The quantitative estimate of drug-likeness (QED) is 0.0182. The summed E-state index contributed by atoms with van der Waals surface area (Å²) in [5, 5.41) is 18.9. The zero-order chi connectivity index (χ0) is 53.3. The third kappa shape index (κ3) is 17.3. The van der Waals surface area contributed by atoms with Crippen LogP contribution < -0.4 is 16.0 Å². The number of carboxylic acids is 1. The summed E-state index contributed by atoms with van der Waals surface area (Å²) >= 11 is 0. The van der Waals surface area contributed by atoms with Crippen molar-refractivity contribution in [2.75, 3.05) is 0 Å². The maximum atomic E-state index is 14.1. The normalized spacial score (nSPS) is 12.9. The van der Waals surface area contributed by atoms with Crippen molar-refractivity contribution in [3.8, 4) is 11.1 Å². The molecule has 0 saturated heterocycles. The molecule has 0 radical (unpaired) electrons. The molecule has 4 N–H and O–H groups in total. The Hall–Kier alpha value is -7.01. The van der Waals surface area contributed by atoms with Crippen LogP contribution in [0.4, 0.5) is 0 Å². The molecule has 0 bridgehead atoms. The molecule has 0 aromatic heterocycles. The second kappa shape index (κ2) is 30.2. The molecule has 5 aromatic carbocycles. The molecule has 0 saturated carbocycles. The number of carboxylic acid groups (broad SMARTS) is 1. The fraction of sp³-hybridized carbons (Fsp3) is 0.413. The van der Waals surface area contributed by atoms with E-state index in [0.29, 0.717) is 31.2 Å². The van der Waals surface area contributed by atoms with E-state index in [2.05, 4.69) is 54.1 Å². The van der Waals surface area contributed by atoms with Crippen LogP contribution in [0.5, 0.6) is 0 Å². The lowest BCUT2D eigenvalue weighted by molar-refractivity contribution is -0.144. The number of aliphatic carboxylic acids is 1. The molecule has 4 atom stereocenters. The van der Waals surface area contributed by atoms with Gasteiger partial charge in [-0.25, -0.2) is 4.79 Å². The number of Topliss-reactive ketones (excluding diaryl/α,β-unsaturated/α-hetero) is 3. The SMILES string of the molecule is CCCCC[C@H](CC(=O)CCCC(=O)c1ccc(-c2ccc(CCCC)cc2)cc1)C(=O)N[C@@H](CCCCC)C(=O)C[C@@H](C)C(=O)N[C@@H](CC(=O)NC(c1ccccc1)(c1ccccc1)c1ccccc1)C(=O)O. The zero-order valence-electron chi connectivity index (χ0n) is 43.9. The van der Waals surface area contributed by atoms with Crippen LogP contribution in [0.1, 0.15) is 163 Å². The van der Waals surface area contributed by atoms with Crippen molar-refractivity contribution < 1.29 is 38.7 Å². The van der Waals surface area contributed by atoms with Crippen molar-refractivity contribution in [3.05, 3.63) is 167 Å². The molecule has 0 aliphatic heterocycles. The molecule has 3 amide bonds. The van der Waals surface area contributed by atoms with Gasteiger partial charge in [0.05, 0.1) is 12.5 Å². The predicted octanol–water partition coefficient (Wildman–Crippen LogP) is 11.9. The highest BCUT2D eigenvalue weighted by atomic mass is 16.4. The number of carbonyl (C=O) groups excluding carboxylic acids is 6. The molecule has 0 unspecified atom stereocenters. The molecule has 11 nitrogen and oxygen atoms in total. The van der Waals surface area contributed by atoms with Crippen LogP contribution in [0.15, 0.2) is 140 Å². The molecular weight excluding hydrogens is 927 g/mol. The first-order chi connectivity index (χ1) is 35.8. The van der Waals surface area contributed by atoms with Gasteiger partial charge in [0.25, 0.3) is 0 Å². The Labute approximate surface area is 438 Å². The summed E-state index contributed by atoms with van der Waals surface area (Å²) in [6.07, 6.45) is 8.77. The highest BCUT2D eigenvalue weighted by Gasteiger charge is 2.39. The van der Waals surface area contributed by atoms with Crippen LogP contribution in [-0.2, 0) is 40.7 Å². The average Bonchev–Trinajstić information content (AvgIpc) is 3.41. The zero-order valence-corrected chi connectivity index (χ0v) is 43.9. The number of hydrogen-bond donors (Lipinski definition) is 4. The van der Waals surface area contributed by atoms with E-state index in [1.807, 2.05) is 122 Å². The predicted molar refractivity (Wildman–Crippen MR) is 292 cm³/mol. The molecule has 5 aromatic rings. The lowest BCUT2D eigenvalue weighted by Crippen LogP contribution is -2.51. The number of ketones is 3. The lowest BCUT2D eigenvalue weighted by Gasteiger charge is -2.37. The molecule has 5 rings (SSSR count). The van der Waals surface area contributed by atoms with Crippen LogP contribution in [0.25, 0.3) is 11.1 Å². The summed E-state index contributed by atoms with van der Waals surface area (Å²) < 4.78 is 0. The van der Waals surface area contributed by atoms with Crippen molar-refractivity contribution in [2.45, 2.75) is 154 Å². The first kappa shape index (κ1) is 57.9. The molecule has 0 heterocycles. The van der Waals surface area contributed by atoms with E-state index in [4.69, 9.17) is 0 Å². The van der Waals surface area contributed by atoms with Gasteiger partial charge in [-0.3, -0.25) is 28.8 Å². The Balaban J connectivity index is 1.19. The summed E-state index contributed by atoms with van der Waals surface area (Å²) in [6, 6.07) is 41.6. The Morgan fingerprint density at radius 2 is 1.01 bits per heavy atom. The number of amides is 3. The van der Waals surface area contributed by atoms with E-state index < -0.39 is 59.6 Å². The number of aryl methyl sites for hydroxylation is 1. The molecule has 392 valence electrons. The summed E-state index contributed by atoms with van der Waals surface area (Å²) in [7, 11) is 0. The van der Waals surface area contributed by atoms with Crippen LogP contribution in [0.3, 0.4) is 0 Å². The summed E-state index contributed by atoms with van der Waals surface area (Å²) in [5.41, 5.74) is 5.03. The smallest absolute Gasteiger partial charge is 0.326 e. The van der Waals surface area contributed by atoms with E-state index in [1.54, 1.807) is 0 Å². The molecular formula is C63H77N3O8. The minimum atomic E-state index is -1.62. The van der Waals surface area contributed by atoms with Gasteiger partial charge in [0.15, 0.2) is 11.6 Å². The minimum Gasteiger partial charge on any atom is -0.480 e. The molecule has 74 heavy (non-hydrogen) atoms. The number of nitrogens with one attached hydrogen (secondary N) is 3. The van der Waals surface area contributed by atoms with E-state index in [0.717, 1.165) is 79.2 Å². The Morgan fingerprint density at radius 1 is 0.514 bits per heavy atom. The maximum Gasteiger partial charge on any atom is 0.326 e. The third-order valence-corrected chi connectivity index (χ3v) is 13.9. The van der Waals surface area contributed by atoms with Crippen molar-refractivity contribution in [2.24, 2.45) is 11.8 Å². The largest absolute Gasteiger partial charge is 0.480 e. The average molecular weight is 1000 g/mol. The van der Waals surface area contributed by atoms with E-state index in [1.165, 1.54) is 12.5 Å². The second-order valence-corrected chi connectivity index (χ2v) is 19.7. The fourth-order valence-corrected chi connectivity index (χ4v) is 9.51. The first-order valence-electron chi connectivity index (χ1n) is 26.9. The lowest BCUT2D eigenvalue weighted by atomic mass is 9.77. The van der Waals surface area contributed by atoms with Crippen molar-refractivity contribution in [3.63, 3.8) is 0 Å². The van der Waals surface area contributed by atoms with Crippen molar-refractivity contribution in [1.29, 1.82) is 0 Å². The highest BCUT2D eigenvalue weighted by Crippen LogP contribution is 2.37. The van der Waals surface area contributed by atoms with E-state index in [-0.39, 0.29) is 43.0 Å². The molecule has 0 fully saturated rings. The highest BCUT2D eigenvalue weighted by molar-refractivity contribution is 5.97. The molecule has 0 aliphatic rings. The standard InChI is InChI=1S/C63H77N3O8/c1-5-8-14-24-50(43-54(67)31-22-33-57(68)49-40-38-48(39-41-49)47-36-34-46(35-37-47)23-10-7-3)61(72)64-55(32-15-9-6-2)58(69)42-45(4)60(71)65-56(62(73)74)44-59(70)66-63(51-25-16-11-17-26-51,52-27-18-12-19-28-52)53-29-20-13-21-30-53/h11-13,16-21,25-30,34-41,45,50,55-56H,5-10,14-15,22-24,31-33,42-44H2,1-4H3,(H,64,72)(H,65,71)(H,66,70)(H,73,74)/t45-,50-,55+,56+/m1/s1. The van der Waals surface area contributed by atoms with E-state index >= 15 is 0 Å². The molecule has 0 spiro atoms. The number of rotatable bonds is 33. The Kier molecular flexibility index (Phi) is 23.7. The molecule has 0 aliphatic carbocycles. The van der Waals surface area contributed by atoms with Gasteiger partial charge in [0.2, 0.25) is 17.7 Å². The van der Waals surface area contributed by atoms with Gasteiger partial charge in [-0.05, 0) is 65.5 Å². The summed E-state index contributed by atoms with van der Waals surface area (Å²) in [4.78, 5) is 95.2. The van der Waals surface area contributed by atoms with Gasteiger partial charge in [0.1, 0.15) is 17.4 Å². The van der Waals surface area contributed by atoms with Gasteiger partial charge in [-0.2, -0.15) is 0 Å². The maximum absolute atomic E-state index is 14.1. The number of benzene rings is 5. The van der Waals surface area contributed by atoms with Crippen LogP contribution in [0.2, 0.25) is 0 Å². The minimum absolute atomic E-state index is 0.0162. The van der Waals surface area contributed by atoms with Gasteiger partial charge < -0.3 is 21.1 Å². The van der Waals surface area contributed by atoms with Crippen LogP contribution in [0, 0.1) is 11.8 Å². The van der Waals surface area contributed by atoms with Gasteiger partial charge >= 0.3 is 5.97 Å². The van der Waals surface area contributed by atoms with Crippen molar-refractivity contribution in [1.82, 2.24) is 16.0 Å². The first-order valence-corrected chi connectivity index (χ1v) is 26.9. The van der Waals surface area contributed by atoms with E-state index in [9.17, 15) is 38.7 Å². The number of carbonyl (C=O) groups is 7. The van der Waals surface area contributed by atoms with Gasteiger partial charge in [-0.1, -0.05) is 212 Å². The van der Waals surface area contributed by atoms with Crippen LogP contribution in [-0.4, -0.2) is 58.2 Å². The summed E-state index contributed by atoms with van der Waals surface area (Å²) in [5.74, 6) is -5.40. The van der Waals surface area contributed by atoms with Crippen LogP contribution >= 0.6 is 0 Å². The topological polar surface area (TPSA) is 176 Å². The molecule has 11 heteroatoms. The van der Waals surface area contributed by atoms with Crippen molar-refractivity contribution >= 4 is 41.0 Å². The Morgan fingerprint density at radius 3 is 1.53 bits per heavy atom. The Bertz CT molecular complexity index is 2470.